The van der Waals surface area contributed by atoms with Crippen LogP contribution in [-0.2, 0) is 16.1 Å². The van der Waals surface area contributed by atoms with Gasteiger partial charge in [0.15, 0.2) is 11.6 Å². The van der Waals surface area contributed by atoms with E-state index in [0.29, 0.717) is 37.5 Å². The second-order valence-electron chi connectivity index (χ2n) is 6.92. The minimum atomic E-state index is -0.721. The molecule has 0 saturated heterocycles. The molecule has 1 aliphatic rings. The van der Waals surface area contributed by atoms with Crippen molar-refractivity contribution in [3.05, 3.63) is 84.3 Å². The number of nitrogens with zero attached hydrogens (tertiary/aromatic N) is 3. The van der Waals surface area contributed by atoms with Gasteiger partial charge >= 0.3 is 0 Å². The summed E-state index contributed by atoms with van der Waals surface area (Å²) in [5.74, 6) is 0.789. The van der Waals surface area contributed by atoms with E-state index in [1.54, 1.807) is 29.4 Å². The molecule has 1 unspecified atom stereocenters. The van der Waals surface area contributed by atoms with Crippen molar-refractivity contribution in [3.8, 4) is 5.75 Å². The molecule has 30 heavy (non-hydrogen) atoms. The first-order valence-electron chi connectivity index (χ1n) is 9.87. The SMILES string of the molecule is O=C(CCCN1C(=O)C(c2ccccc2)Oc2cccnc21)NCc1ccccn1. The van der Waals surface area contributed by atoms with Crippen LogP contribution in [0.4, 0.5) is 5.82 Å². The van der Waals surface area contributed by atoms with Gasteiger partial charge in [0.2, 0.25) is 12.0 Å². The molecule has 7 heteroatoms. The highest BCUT2D eigenvalue weighted by atomic mass is 16.5. The van der Waals surface area contributed by atoms with Gasteiger partial charge in [-0.25, -0.2) is 4.98 Å². The van der Waals surface area contributed by atoms with Crippen LogP contribution < -0.4 is 15.0 Å². The number of pyridine rings is 2. The highest BCUT2D eigenvalue weighted by Gasteiger charge is 2.36. The Morgan fingerprint density at radius 1 is 1.00 bits per heavy atom. The Balaban J connectivity index is 1.39. The lowest BCUT2D eigenvalue weighted by Crippen LogP contribution is -2.42. The number of carbonyl (C=O) groups is 2. The summed E-state index contributed by atoms with van der Waals surface area (Å²) in [5, 5.41) is 2.86. The number of aromatic nitrogens is 2. The minimum Gasteiger partial charge on any atom is -0.472 e. The van der Waals surface area contributed by atoms with Crippen LogP contribution >= 0.6 is 0 Å². The Morgan fingerprint density at radius 3 is 2.60 bits per heavy atom. The standard InChI is InChI=1S/C23H22N4O3/c28-20(26-16-18-10-4-5-13-24-18)12-7-15-27-22-19(11-6-14-25-22)30-21(23(27)29)17-8-2-1-3-9-17/h1-6,8-11,13-14,21H,7,12,15-16H2,(H,26,28). The van der Waals surface area contributed by atoms with E-state index in [1.165, 1.54) is 0 Å². The zero-order chi connectivity index (χ0) is 20.8. The second-order valence-corrected chi connectivity index (χ2v) is 6.92. The zero-order valence-electron chi connectivity index (χ0n) is 16.4. The molecule has 0 fully saturated rings. The number of anilines is 1. The molecule has 0 bridgehead atoms. The minimum absolute atomic E-state index is 0.0813. The van der Waals surface area contributed by atoms with Gasteiger partial charge < -0.3 is 10.1 Å². The Morgan fingerprint density at radius 2 is 1.80 bits per heavy atom. The molecule has 2 aromatic heterocycles. The zero-order valence-corrected chi connectivity index (χ0v) is 16.4. The van der Waals surface area contributed by atoms with Gasteiger partial charge in [0.05, 0.1) is 12.2 Å². The third kappa shape index (κ3) is 4.46. The molecule has 7 nitrogen and oxygen atoms in total. The van der Waals surface area contributed by atoms with Crippen LogP contribution in [0.5, 0.6) is 5.75 Å². The topological polar surface area (TPSA) is 84.4 Å². The fraction of sp³-hybridized carbons (Fsp3) is 0.217. The van der Waals surface area contributed by atoms with Crippen molar-refractivity contribution in [2.24, 2.45) is 0 Å². The summed E-state index contributed by atoms with van der Waals surface area (Å²) in [7, 11) is 0. The second kappa shape index (κ2) is 9.17. The average Bonchev–Trinajstić information content (AvgIpc) is 2.80. The summed E-state index contributed by atoms with van der Waals surface area (Å²) < 4.78 is 5.94. The summed E-state index contributed by atoms with van der Waals surface area (Å²) in [4.78, 5) is 35.4. The van der Waals surface area contributed by atoms with Gasteiger partial charge in [0, 0.05) is 30.9 Å². The van der Waals surface area contributed by atoms with Crippen LogP contribution in [0.2, 0.25) is 0 Å². The predicted octanol–water partition coefficient (Wildman–Crippen LogP) is 3.04. The van der Waals surface area contributed by atoms with Crippen LogP contribution in [0.1, 0.15) is 30.2 Å². The fourth-order valence-corrected chi connectivity index (χ4v) is 3.33. The molecule has 1 aliphatic heterocycles. The normalized spacial score (nSPS) is 15.3. The van der Waals surface area contributed by atoms with E-state index in [1.807, 2.05) is 48.5 Å². The van der Waals surface area contributed by atoms with Gasteiger partial charge in [-0.2, -0.15) is 0 Å². The summed E-state index contributed by atoms with van der Waals surface area (Å²) in [6, 6.07) is 18.5. The van der Waals surface area contributed by atoms with Crippen LogP contribution in [-0.4, -0.2) is 28.3 Å². The molecule has 0 radical (unpaired) electrons. The molecular formula is C23H22N4O3. The van der Waals surface area contributed by atoms with E-state index in [0.717, 1.165) is 11.3 Å². The number of amides is 2. The van der Waals surface area contributed by atoms with E-state index in [-0.39, 0.29) is 11.8 Å². The molecule has 2 amide bonds. The van der Waals surface area contributed by atoms with E-state index in [9.17, 15) is 9.59 Å². The first kappa shape index (κ1) is 19.6. The van der Waals surface area contributed by atoms with Gasteiger partial charge in [0.1, 0.15) is 0 Å². The highest BCUT2D eigenvalue weighted by molar-refractivity contribution is 5.99. The highest BCUT2D eigenvalue weighted by Crippen LogP contribution is 2.37. The molecule has 1 aromatic carbocycles. The first-order valence-corrected chi connectivity index (χ1v) is 9.87. The maximum atomic E-state index is 13.1. The Bertz CT molecular complexity index is 1010. The van der Waals surface area contributed by atoms with Gasteiger partial charge in [-0.1, -0.05) is 36.4 Å². The first-order chi connectivity index (χ1) is 14.7. The van der Waals surface area contributed by atoms with Crippen molar-refractivity contribution in [2.45, 2.75) is 25.5 Å². The summed E-state index contributed by atoms with van der Waals surface area (Å²) in [5.41, 5.74) is 1.59. The monoisotopic (exact) mass is 402 g/mol. The van der Waals surface area contributed by atoms with E-state index < -0.39 is 6.10 Å². The number of rotatable bonds is 7. The van der Waals surface area contributed by atoms with Crippen LogP contribution in [0, 0.1) is 0 Å². The number of fused-ring (bicyclic) bond motifs is 1. The predicted molar refractivity (Wildman–Crippen MR) is 112 cm³/mol. The van der Waals surface area contributed by atoms with E-state index in [2.05, 4.69) is 15.3 Å². The van der Waals surface area contributed by atoms with Gasteiger partial charge in [-0.05, 0) is 30.7 Å². The summed E-state index contributed by atoms with van der Waals surface area (Å²) >= 11 is 0. The van der Waals surface area contributed by atoms with Crippen LogP contribution in [0.25, 0.3) is 0 Å². The van der Waals surface area contributed by atoms with E-state index in [4.69, 9.17) is 4.74 Å². The summed E-state index contributed by atoms with van der Waals surface area (Å²) in [6.45, 7) is 0.767. The summed E-state index contributed by atoms with van der Waals surface area (Å²) in [6.07, 6.45) is 3.41. The number of hydrogen-bond donors (Lipinski definition) is 1. The van der Waals surface area contributed by atoms with Gasteiger partial charge in [-0.3, -0.25) is 19.5 Å². The molecule has 0 aliphatic carbocycles. The molecule has 152 valence electrons. The fourth-order valence-electron chi connectivity index (χ4n) is 3.33. The lowest BCUT2D eigenvalue weighted by molar-refractivity contribution is -0.127. The maximum Gasteiger partial charge on any atom is 0.274 e. The lowest BCUT2D eigenvalue weighted by atomic mass is 10.1. The largest absolute Gasteiger partial charge is 0.472 e. The molecule has 0 saturated carbocycles. The Labute approximate surface area is 174 Å². The van der Waals surface area contributed by atoms with Gasteiger partial charge in [0.25, 0.3) is 5.91 Å². The Hall–Kier alpha value is -3.74. The van der Waals surface area contributed by atoms with Crippen molar-refractivity contribution < 1.29 is 14.3 Å². The molecule has 3 aromatic rings. The van der Waals surface area contributed by atoms with Crippen LogP contribution in [0.3, 0.4) is 0 Å². The molecule has 3 heterocycles. The molecule has 1 atom stereocenters. The third-order valence-electron chi connectivity index (χ3n) is 4.82. The number of ether oxygens (including phenoxy) is 1. The smallest absolute Gasteiger partial charge is 0.274 e. The average molecular weight is 402 g/mol. The molecular weight excluding hydrogens is 380 g/mol. The number of carbonyl (C=O) groups excluding carboxylic acids is 2. The number of hydrogen-bond acceptors (Lipinski definition) is 5. The van der Waals surface area contributed by atoms with Crippen molar-refractivity contribution in [1.29, 1.82) is 0 Å². The van der Waals surface area contributed by atoms with Crippen LogP contribution in [0.15, 0.2) is 73.1 Å². The number of nitrogens with one attached hydrogen (secondary N) is 1. The number of benzene rings is 1. The molecule has 4 rings (SSSR count). The maximum absolute atomic E-state index is 13.1. The molecule has 0 spiro atoms. The van der Waals surface area contributed by atoms with Crippen molar-refractivity contribution in [3.63, 3.8) is 0 Å². The molecule has 1 N–H and O–H groups in total. The van der Waals surface area contributed by atoms with Crippen molar-refractivity contribution in [2.75, 3.05) is 11.4 Å². The van der Waals surface area contributed by atoms with Gasteiger partial charge in [-0.15, -0.1) is 0 Å². The Kier molecular flexibility index (Phi) is 5.98. The third-order valence-corrected chi connectivity index (χ3v) is 4.82. The van der Waals surface area contributed by atoms with Crippen molar-refractivity contribution in [1.82, 2.24) is 15.3 Å². The lowest BCUT2D eigenvalue weighted by Gasteiger charge is -2.33. The van der Waals surface area contributed by atoms with E-state index >= 15 is 0 Å². The van der Waals surface area contributed by atoms with Crippen molar-refractivity contribution >= 4 is 17.6 Å². The quantitative estimate of drug-likeness (QED) is 0.657.